The molecule has 12 nitrogen and oxygen atoms in total. The molecule has 0 heterocycles. The molecule has 0 spiro atoms. The van der Waals surface area contributed by atoms with Crippen LogP contribution in [0.2, 0.25) is 0 Å². The van der Waals surface area contributed by atoms with Crippen molar-refractivity contribution < 1.29 is 52.3 Å². The third kappa shape index (κ3) is 14.9. The van der Waals surface area contributed by atoms with Crippen molar-refractivity contribution in [2.24, 2.45) is 17.6 Å². The van der Waals surface area contributed by atoms with Crippen LogP contribution in [-0.2, 0) is 34.9 Å². The second-order valence-corrected chi connectivity index (χ2v) is 10.8. The quantitative estimate of drug-likeness (QED) is 0.0917. The Hall–Kier alpha value is -3.54. The fourth-order valence-corrected chi connectivity index (χ4v) is 3.52. The molecular formula is C30H47NO11. The van der Waals surface area contributed by atoms with Gasteiger partial charge in [-0.05, 0) is 48.8 Å². The zero-order chi connectivity index (χ0) is 31.5. The van der Waals surface area contributed by atoms with Gasteiger partial charge in [-0.15, -0.1) is 0 Å². The lowest BCUT2D eigenvalue weighted by Crippen LogP contribution is -2.51. The Morgan fingerprint density at radius 3 is 1.86 bits per heavy atom. The zero-order valence-electron chi connectivity index (χ0n) is 25.7. The molecule has 0 aliphatic rings. The van der Waals surface area contributed by atoms with Crippen LogP contribution in [0.25, 0.3) is 0 Å². The van der Waals surface area contributed by atoms with E-state index in [4.69, 9.17) is 38.9 Å². The molecule has 0 bridgehead atoms. The summed E-state index contributed by atoms with van der Waals surface area (Å²) in [6, 6.07) is 4.33. The van der Waals surface area contributed by atoms with E-state index in [1.54, 1.807) is 6.07 Å². The van der Waals surface area contributed by atoms with Crippen LogP contribution >= 0.6 is 0 Å². The molecule has 0 saturated heterocycles. The Balaban J connectivity index is 3.04. The van der Waals surface area contributed by atoms with Crippen LogP contribution in [0.1, 0.15) is 78.7 Å². The molecule has 0 fully saturated rings. The molecule has 0 unspecified atom stereocenters. The van der Waals surface area contributed by atoms with Gasteiger partial charge < -0.3 is 38.9 Å². The molecule has 0 saturated carbocycles. The minimum Gasteiger partial charge on any atom is -0.468 e. The number of carbonyl (C=O) groups excluding carboxylic acids is 4. The predicted molar refractivity (Wildman–Crippen MR) is 153 cm³/mol. The first-order chi connectivity index (χ1) is 19.9. The lowest BCUT2D eigenvalue weighted by atomic mass is 9.88. The standard InChI is InChI=1S/C30H47NO11/c1-7-8-9-15-37-27(33)40-18-14-30(31,26(32)36-6)20-23-10-11-24(41-28(34)38-16-12-21(2)3)25(19-23)42-29(35)39-17-13-22(4)5/h10-11,19,21-22H,7-9,12-18,20,31H2,1-6H3/t30-/m1/s1. The number of benzene rings is 1. The van der Waals surface area contributed by atoms with Gasteiger partial charge in [0.25, 0.3) is 0 Å². The summed E-state index contributed by atoms with van der Waals surface area (Å²) >= 11 is 0. The van der Waals surface area contributed by atoms with Gasteiger partial charge in [0.05, 0.1) is 33.5 Å². The Morgan fingerprint density at radius 2 is 1.31 bits per heavy atom. The van der Waals surface area contributed by atoms with Gasteiger partial charge in [-0.2, -0.15) is 0 Å². The average Bonchev–Trinajstić information content (AvgIpc) is 2.91. The number of carbonyl (C=O) groups is 4. The molecule has 2 N–H and O–H groups in total. The van der Waals surface area contributed by atoms with Gasteiger partial charge in [-0.25, -0.2) is 14.4 Å². The normalized spacial score (nSPS) is 12.3. The Kier molecular flexibility index (Phi) is 17.0. The van der Waals surface area contributed by atoms with E-state index in [2.05, 4.69) is 0 Å². The van der Waals surface area contributed by atoms with Crippen LogP contribution in [-0.4, -0.2) is 63.5 Å². The lowest BCUT2D eigenvalue weighted by molar-refractivity contribution is -0.147. The third-order valence-electron chi connectivity index (χ3n) is 6.07. The van der Waals surface area contributed by atoms with Gasteiger partial charge >= 0.3 is 24.4 Å². The van der Waals surface area contributed by atoms with Gasteiger partial charge in [0.1, 0.15) is 5.54 Å². The van der Waals surface area contributed by atoms with E-state index in [1.165, 1.54) is 19.2 Å². The molecule has 0 amide bonds. The van der Waals surface area contributed by atoms with Crippen LogP contribution in [0.3, 0.4) is 0 Å². The number of unbranched alkanes of at least 4 members (excludes halogenated alkanes) is 2. The summed E-state index contributed by atoms with van der Waals surface area (Å²) < 4.78 is 35.8. The van der Waals surface area contributed by atoms with E-state index in [0.717, 1.165) is 19.3 Å². The van der Waals surface area contributed by atoms with Gasteiger partial charge in [0, 0.05) is 12.8 Å². The summed E-state index contributed by atoms with van der Waals surface area (Å²) in [5, 5.41) is 0. The molecule has 1 atom stereocenters. The number of esters is 1. The number of hydrogen-bond donors (Lipinski definition) is 1. The average molecular weight is 598 g/mol. The zero-order valence-corrected chi connectivity index (χ0v) is 25.7. The fourth-order valence-electron chi connectivity index (χ4n) is 3.52. The van der Waals surface area contributed by atoms with Crippen molar-refractivity contribution in [1.29, 1.82) is 0 Å². The first-order valence-corrected chi connectivity index (χ1v) is 14.4. The van der Waals surface area contributed by atoms with Crippen LogP contribution < -0.4 is 15.2 Å². The monoisotopic (exact) mass is 597 g/mol. The summed E-state index contributed by atoms with van der Waals surface area (Å²) in [5.41, 5.74) is 5.24. The van der Waals surface area contributed by atoms with Crippen molar-refractivity contribution in [3.05, 3.63) is 23.8 Å². The molecule has 0 aliphatic carbocycles. The maximum Gasteiger partial charge on any atom is 0.513 e. The summed E-state index contributed by atoms with van der Waals surface area (Å²) in [4.78, 5) is 49.1. The summed E-state index contributed by atoms with van der Waals surface area (Å²) in [7, 11) is 1.19. The van der Waals surface area contributed by atoms with Crippen molar-refractivity contribution in [3.63, 3.8) is 0 Å². The number of methoxy groups -OCH3 is 1. The highest BCUT2D eigenvalue weighted by molar-refractivity contribution is 5.81. The molecule has 12 heteroatoms. The second-order valence-electron chi connectivity index (χ2n) is 10.8. The third-order valence-corrected chi connectivity index (χ3v) is 6.07. The van der Waals surface area contributed by atoms with E-state index in [-0.39, 0.29) is 50.8 Å². The van der Waals surface area contributed by atoms with E-state index in [0.29, 0.717) is 30.2 Å². The molecule has 1 aromatic rings. The summed E-state index contributed by atoms with van der Waals surface area (Å²) in [6.45, 7) is 10.3. The van der Waals surface area contributed by atoms with Crippen molar-refractivity contribution in [2.45, 2.75) is 85.1 Å². The van der Waals surface area contributed by atoms with E-state index in [1.807, 2.05) is 34.6 Å². The van der Waals surface area contributed by atoms with Crippen molar-refractivity contribution in [1.82, 2.24) is 0 Å². The lowest BCUT2D eigenvalue weighted by Gasteiger charge is -2.26. The number of hydrogen-bond acceptors (Lipinski definition) is 12. The smallest absolute Gasteiger partial charge is 0.468 e. The summed E-state index contributed by atoms with van der Waals surface area (Å²) in [6.07, 6.45) is 0.902. The van der Waals surface area contributed by atoms with Crippen LogP contribution in [0, 0.1) is 11.8 Å². The molecular weight excluding hydrogens is 550 g/mol. The minimum atomic E-state index is -1.61. The Bertz CT molecular complexity index is 995. The van der Waals surface area contributed by atoms with Crippen molar-refractivity contribution in [3.8, 4) is 11.5 Å². The predicted octanol–water partition coefficient (Wildman–Crippen LogP) is 5.96. The molecule has 0 radical (unpaired) electrons. The first-order valence-electron chi connectivity index (χ1n) is 14.4. The van der Waals surface area contributed by atoms with Crippen LogP contribution in [0.4, 0.5) is 14.4 Å². The maximum atomic E-state index is 12.6. The largest absolute Gasteiger partial charge is 0.513 e. The van der Waals surface area contributed by atoms with Crippen LogP contribution in [0.15, 0.2) is 18.2 Å². The molecule has 1 rings (SSSR count). The SMILES string of the molecule is CCCCCOC(=O)OCC[C@@](N)(Cc1ccc(OC(=O)OCCC(C)C)c(OC(=O)OCCC(C)C)c1)C(=O)OC. The Morgan fingerprint density at radius 1 is 0.762 bits per heavy atom. The van der Waals surface area contributed by atoms with Gasteiger partial charge in [0.2, 0.25) is 0 Å². The molecule has 238 valence electrons. The van der Waals surface area contributed by atoms with Gasteiger partial charge in [0.15, 0.2) is 11.5 Å². The molecule has 0 aromatic heterocycles. The van der Waals surface area contributed by atoms with Gasteiger partial charge in [-0.1, -0.05) is 53.5 Å². The highest BCUT2D eigenvalue weighted by Gasteiger charge is 2.36. The highest BCUT2D eigenvalue weighted by Crippen LogP contribution is 2.31. The van der Waals surface area contributed by atoms with Crippen molar-refractivity contribution >= 4 is 24.4 Å². The fraction of sp³-hybridized carbons (Fsp3) is 0.667. The highest BCUT2D eigenvalue weighted by atomic mass is 16.7. The van der Waals surface area contributed by atoms with Crippen LogP contribution in [0.5, 0.6) is 11.5 Å². The summed E-state index contributed by atoms with van der Waals surface area (Å²) in [5.74, 6) is -0.341. The topological polar surface area (TPSA) is 159 Å². The number of rotatable bonds is 18. The second kappa shape index (κ2) is 19.6. The Labute approximate surface area is 248 Å². The first kappa shape index (κ1) is 36.5. The van der Waals surface area contributed by atoms with Crippen molar-refractivity contribution in [2.75, 3.05) is 33.5 Å². The van der Waals surface area contributed by atoms with E-state index >= 15 is 0 Å². The number of ether oxygens (including phenoxy) is 7. The van der Waals surface area contributed by atoms with Gasteiger partial charge in [-0.3, -0.25) is 4.79 Å². The van der Waals surface area contributed by atoms with E-state index in [9.17, 15) is 19.2 Å². The molecule has 0 aliphatic heterocycles. The van der Waals surface area contributed by atoms with E-state index < -0.39 is 30.0 Å². The number of nitrogens with two attached hydrogens (primary N) is 1. The minimum absolute atomic E-state index is 0.0857. The molecule has 42 heavy (non-hydrogen) atoms. The maximum absolute atomic E-state index is 12.6. The molecule has 1 aromatic carbocycles.